The summed E-state index contributed by atoms with van der Waals surface area (Å²) < 4.78 is 0. The number of rotatable bonds is 0. The van der Waals surface area contributed by atoms with Gasteiger partial charge in [0.2, 0.25) is 0 Å². The summed E-state index contributed by atoms with van der Waals surface area (Å²) in [7, 11) is 6.77. The van der Waals surface area contributed by atoms with Crippen molar-refractivity contribution in [3.05, 3.63) is 22.8 Å². The molecule has 3 heterocycles. The quantitative estimate of drug-likeness (QED) is 0.673. The Morgan fingerprint density at radius 1 is 0.750 bits per heavy atom. The number of nitrogens with zero attached hydrogens (tertiary/aromatic N) is 3. The standard InChI is InChI=1S/C17H29N3/c1-11-7-9-18(4)16-14(11)13(3)15-12(2)8-10-19(5)17(15)20(16)6/h11-13H,7-10H2,1-6H3. The average Bonchev–Trinajstić information content (AvgIpc) is 2.41. The Bertz CT molecular complexity index is 393. The van der Waals surface area contributed by atoms with Crippen LogP contribution in [0.3, 0.4) is 0 Å². The number of hydrogen-bond donors (Lipinski definition) is 0. The van der Waals surface area contributed by atoms with E-state index < -0.39 is 0 Å². The first-order chi connectivity index (χ1) is 9.43. The predicted molar refractivity (Wildman–Crippen MR) is 83.8 cm³/mol. The zero-order valence-electron chi connectivity index (χ0n) is 13.9. The summed E-state index contributed by atoms with van der Waals surface area (Å²) in [6.07, 6.45) is 2.58. The molecule has 3 aliphatic rings. The fraction of sp³-hybridized carbons (Fsp3) is 0.765. The van der Waals surface area contributed by atoms with Crippen LogP contribution in [0, 0.1) is 17.8 Å². The number of allylic oxidation sites excluding steroid dienone is 2. The van der Waals surface area contributed by atoms with Gasteiger partial charge in [0.1, 0.15) is 11.6 Å². The van der Waals surface area contributed by atoms with Crippen LogP contribution in [0.1, 0.15) is 33.6 Å². The lowest BCUT2D eigenvalue weighted by Crippen LogP contribution is -2.48. The molecule has 0 N–H and O–H groups in total. The monoisotopic (exact) mass is 275 g/mol. The normalized spacial score (nSPS) is 34.5. The smallest absolute Gasteiger partial charge is 0.109 e. The molecular weight excluding hydrogens is 246 g/mol. The summed E-state index contributed by atoms with van der Waals surface area (Å²) in [5.74, 6) is 4.97. The molecule has 2 unspecified atom stereocenters. The molecule has 3 heteroatoms. The minimum absolute atomic E-state index is 0.603. The lowest BCUT2D eigenvalue weighted by molar-refractivity contribution is 0.166. The van der Waals surface area contributed by atoms with Gasteiger partial charge in [-0.15, -0.1) is 0 Å². The maximum Gasteiger partial charge on any atom is 0.109 e. The summed E-state index contributed by atoms with van der Waals surface area (Å²) in [6, 6.07) is 0. The van der Waals surface area contributed by atoms with Gasteiger partial charge < -0.3 is 14.7 Å². The van der Waals surface area contributed by atoms with Gasteiger partial charge in [0.15, 0.2) is 0 Å². The van der Waals surface area contributed by atoms with Crippen molar-refractivity contribution in [1.82, 2.24) is 14.7 Å². The summed E-state index contributed by atoms with van der Waals surface area (Å²) in [5, 5.41) is 0. The van der Waals surface area contributed by atoms with Crippen LogP contribution in [-0.2, 0) is 0 Å². The van der Waals surface area contributed by atoms with E-state index in [2.05, 4.69) is 56.6 Å². The Kier molecular flexibility index (Phi) is 3.26. The van der Waals surface area contributed by atoms with Crippen LogP contribution in [0.15, 0.2) is 22.8 Å². The topological polar surface area (TPSA) is 9.72 Å². The van der Waals surface area contributed by atoms with Gasteiger partial charge in [-0.3, -0.25) is 0 Å². The van der Waals surface area contributed by atoms with E-state index in [1.54, 1.807) is 11.1 Å². The molecular formula is C17H29N3. The molecule has 0 aromatic carbocycles. The van der Waals surface area contributed by atoms with Gasteiger partial charge in [0, 0.05) is 40.2 Å². The van der Waals surface area contributed by atoms with Crippen molar-refractivity contribution < 1.29 is 0 Å². The largest absolute Gasteiger partial charge is 0.361 e. The minimum Gasteiger partial charge on any atom is -0.361 e. The van der Waals surface area contributed by atoms with E-state index in [9.17, 15) is 0 Å². The molecule has 20 heavy (non-hydrogen) atoms. The van der Waals surface area contributed by atoms with E-state index in [1.807, 2.05) is 0 Å². The molecule has 2 atom stereocenters. The molecule has 0 spiro atoms. The average molecular weight is 275 g/mol. The highest BCUT2D eigenvalue weighted by Gasteiger charge is 2.41. The van der Waals surface area contributed by atoms with Crippen LogP contribution in [-0.4, -0.2) is 48.9 Å². The highest BCUT2D eigenvalue weighted by Crippen LogP contribution is 2.47. The van der Waals surface area contributed by atoms with Gasteiger partial charge in [-0.2, -0.15) is 0 Å². The Labute approximate surface area is 123 Å². The van der Waals surface area contributed by atoms with Crippen molar-refractivity contribution in [2.45, 2.75) is 33.6 Å². The van der Waals surface area contributed by atoms with Crippen molar-refractivity contribution in [1.29, 1.82) is 0 Å². The van der Waals surface area contributed by atoms with Gasteiger partial charge in [0.25, 0.3) is 0 Å². The SMILES string of the molecule is CC1CCN(C)C2=C1C(C)C1=C(N(C)CCC1C)N2C. The van der Waals surface area contributed by atoms with Crippen molar-refractivity contribution in [3.8, 4) is 0 Å². The van der Waals surface area contributed by atoms with Gasteiger partial charge in [-0.05, 0) is 35.8 Å². The molecule has 0 aromatic heterocycles. The lowest BCUT2D eigenvalue weighted by atomic mass is 9.74. The minimum atomic E-state index is 0.603. The van der Waals surface area contributed by atoms with E-state index in [4.69, 9.17) is 0 Å². The molecule has 0 fully saturated rings. The Hall–Kier alpha value is -1.12. The van der Waals surface area contributed by atoms with Crippen molar-refractivity contribution in [2.75, 3.05) is 34.2 Å². The van der Waals surface area contributed by atoms with Crippen LogP contribution in [0.2, 0.25) is 0 Å². The number of hydrogen-bond acceptors (Lipinski definition) is 3. The third-order valence-corrected chi connectivity index (χ3v) is 5.66. The zero-order valence-corrected chi connectivity index (χ0v) is 13.9. The van der Waals surface area contributed by atoms with Crippen LogP contribution >= 0.6 is 0 Å². The second kappa shape index (κ2) is 4.71. The second-order valence-electron chi connectivity index (χ2n) is 7.06. The molecule has 0 radical (unpaired) electrons. The van der Waals surface area contributed by atoms with Crippen LogP contribution in [0.25, 0.3) is 0 Å². The van der Waals surface area contributed by atoms with Crippen molar-refractivity contribution in [2.24, 2.45) is 17.8 Å². The van der Waals surface area contributed by atoms with Gasteiger partial charge in [-0.25, -0.2) is 0 Å². The molecule has 112 valence electrons. The van der Waals surface area contributed by atoms with Gasteiger partial charge in [0.05, 0.1) is 0 Å². The molecule has 0 saturated carbocycles. The predicted octanol–water partition coefficient (Wildman–Crippen LogP) is 2.93. The maximum atomic E-state index is 2.47. The third-order valence-electron chi connectivity index (χ3n) is 5.66. The van der Waals surface area contributed by atoms with Crippen LogP contribution < -0.4 is 0 Å². The second-order valence-corrected chi connectivity index (χ2v) is 7.06. The molecule has 3 aliphatic heterocycles. The highest BCUT2D eigenvalue weighted by atomic mass is 15.4. The Morgan fingerprint density at radius 3 is 1.55 bits per heavy atom. The van der Waals surface area contributed by atoms with Crippen LogP contribution in [0.4, 0.5) is 0 Å². The molecule has 0 bridgehead atoms. The first-order valence-corrected chi connectivity index (χ1v) is 8.07. The van der Waals surface area contributed by atoms with Crippen LogP contribution in [0.5, 0.6) is 0 Å². The lowest BCUT2D eigenvalue weighted by Gasteiger charge is -2.51. The summed E-state index contributed by atoms with van der Waals surface area (Å²) in [6.45, 7) is 9.62. The zero-order chi connectivity index (χ0) is 14.6. The first-order valence-electron chi connectivity index (χ1n) is 8.07. The Balaban J connectivity index is 2.13. The molecule has 3 rings (SSSR count). The summed E-state index contributed by atoms with van der Waals surface area (Å²) in [5.41, 5.74) is 3.34. The van der Waals surface area contributed by atoms with E-state index in [0.29, 0.717) is 17.8 Å². The summed E-state index contributed by atoms with van der Waals surface area (Å²) in [4.78, 5) is 7.39. The van der Waals surface area contributed by atoms with E-state index in [-0.39, 0.29) is 0 Å². The Morgan fingerprint density at radius 2 is 1.15 bits per heavy atom. The molecule has 0 aliphatic carbocycles. The van der Waals surface area contributed by atoms with E-state index in [1.165, 1.54) is 37.6 Å². The first kappa shape index (κ1) is 13.8. The summed E-state index contributed by atoms with van der Waals surface area (Å²) >= 11 is 0. The fourth-order valence-electron chi connectivity index (χ4n) is 4.59. The van der Waals surface area contributed by atoms with Crippen molar-refractivity contribution in [3.63, 3.8) is 0 Å². The van der Waals surface area contributed by atoms with Crippen molar-refractivity contribution >= 4 is 0 Å². The fourth-order valence-corrected chi connectivity index (χ4v) is 4.59. The molecule has 0 aromatic rings. The highest BCUT2D eigenvalue weighted by molar-refractivity contribution is 5.38. The molecule has 0 saturated heterocycles. The van der Waals surface area contributed by atoms with Gasteiger partial charge in [-0.1, -0.05) is 20.8 Å². The maximum absolute atomic E-state index is 2.47. The third kappa shape index (κ3) is 1.78. The van der Waals surface area contributed by atoms with E-state index in [0.717, 1.165) is 0 Å². The van der Waals surface area contributed by atoms with E-state index >= 15 is 0 Å². The van der Waals surface area contributed by atoms with Gasteiger partial charge >= 0.3 is 0 Å². The molecule has 0 amide bonds. The molecule has 3 nitrogen and oxygen atoms in total.